The smallest absolute Gasteiger partial charge is 0.410 e. The van der Waals surface area contributed by atoms with E-state index in [-0.39, 0.29) is 30.1 Å². The zero-order valence-electron chi connectivity index (χ0n) is 15.7. The van der Waals surface area contributed by atoms with Crippen LogP contribution < -0.4 is 10.6 Å². The van der Waals surface area contributed by atoms with Crippen LogP contribution in [0.4, 0.5) is 4.79 Å². The lowest BCUT2D eigenvalue weighted by Gasteiger charge is -2.24. The lowest BCUT2D eigenvalue weighted by atomic mass is 10.2. The highest BCUT2D eigenvalue weighted by Gasteiger charge is 2.19. The topological polar surface area (TPSA) is 78.9 Å². The fraction of sp³-hybridized carbons (Fsp3) is 0.588. The summed E-state index contributed by atoms with van der Waals surface area (Å²) in [6.07, 6.45) is 2.27. The maximum atomic E-state index is 11.9. The number of ether oxygens (including phenoxy) is 1. The molecule has 1 heterocycles. The van der Waals surface area contributed by atoms with Crippen molar-refractivity contribution < 1.29 is 9.53 Å². The number of carbonyl (C=O) groups excluding carboxylic acids is 1. The van der Waals surface area contributed by atoms with Crippen molar-refractivity contribution in [2.75, 3.05) is 33.7 Å². The number of guanidine groups is 1. The zero-order valence-corrected chi connectivity index (χ0v) is 18.0. The molecule has 0 atom stereocenters. The first-order chi connectivity index (χ1) is 11.3. The molecule has 0 unspecified atom stereocenters. The van der Waals surface area contributed by atoms with Gasteiger partial charge in [-0.2, -0.15) is 0 Å². The van der Waals surface area contributed by atoms with Crippen LogP contribution in [-0.2, 0) is 11.2 Å². The fourth-order valence-corrected chi connectivity index (χ4v) is 1.85. The zero-order chi connectivity index (χ0) is 18.0. The summed E-state index contributed by atoms with van der Waals surface area (Å²) >= 11 is 0. The van der Waals surface area contributed by atoms with Crippen LogP contribution in [0.1, 0.15) is 26.5 Å². The van der Waals surface area contributed by atoms with E-state index < -0.39 is 5.60 Å². The van der Waals surface area contributed by atoms with Crippen LogP contribution in [0, 0.1) is 0 Å². The van der Waals surface area contributed by atoms with E-state index in [9.17, 15) is 4.79 Å². The molecular weight excluding hydrogens is 433 g/mol. The second kappa shape index (κ2) is 11.9. The molecule has 0 radical (unpaired) electrons. The van der Waals surface area contributed by atoms with Crippen LogP contribution in [0.2, 0.25) is 0 Å². The Balaban J connectivity index is 0.00000576. The van der Waals surface area contributed by atoms with E-state index in [1.54, 1.807) is 25.2 Å². The number of likely N-dealkylation sites (N-methyl/N-ethyl adjacent to an activating group) is 1. The third kappa shape index (κ3) is 10.8. The van der Waals surface area contributed by atoms with Crippen molar-refractivity contribution in [3.05, 3.63) is 30.1 Å². The van der Waals surface area contributed by atoms with E-state index in [1.807, 2.05) is 39.0 Å². The van der Waals surface area contributed by atoms with Gasteiger partial charge < -0.3 is 20.3 Å². The Hall–Kier alpha value is -1.58. The highest BCUT2D eigenvalue weighted by atomic mass is 127. The number of nitrogens with one attached hydrogen (secondary N) is 2. The Morgan fingerprint density at radius 1 is 1.28 bits per heavy atom. The van der Waals surface area contributed by atoms with Crippen molar-refractivity contribution in [1.29, 1.82) is 0 Å². The van der Waals surface area contributed by atoms with Gasteiger partial charge in [-0.15, -0.1) is 24.0 Å². The van der Waals surface area contributed by atoms with Gasteiger partial charge in [0.25, 0.3) is 0 Å². The Morgan fingerprint density at radius 3 is 2.52 bits per heavy atom. The van der Waals surface area contributed by atoms with Crippen LogP contribution >= 0.6 is 24.0 Å². The average molecular weight is 463 g/mol. The predicted molar refractivity (Wildman–Crippen MR) is 112 cm³/mol. The first kappa shape index (κ1) is 23.4. The van der Waals surface area contributed by atoms with Gasteiger partial charge in [0.05, 0.1) is 0 Å². The molecule has 25 heavy (non-hydrogen) atoms. The first-order valence-electron chi connectivity index (χ1n) is 8.10. The molecule has 8 heteroatoms. The van der Waals surface area contributed by atoms with Crippen LogP contribution in [0.5, 0.6) is 0 Å². The molecule has 1 aromatic rings. The van der Waals surface area contributed by atoms with Crippen molar-refractivity contribution in [2.24, 2.45) is 4.99 Å². The Bertz CT molecular complexity index is 532. The minimum atomic E-state index is -0.484. The molecule has 1 aromatic heterocycles. The quantitative estimate of drug-likeness (QED) is 0.385. The molecule has 0 saturated carbocycles. The molecule has 0 spiro atoms. The highest BCUT2D eigenvalue weighted by Crippen LogP contribution is 2.08. The third-order valence-corrected chi connectivity index (χ3v) is 3.07. The molecule has 0 aromatic carbocycles. The standard InChI is InChI=1S/C17H29N5O2.HI/c1-17(2,3)24-16(23)22(5)13-12-21-15(18-4)20-11-9-14-8-6-7-10-19-14;/h6-8,10H,9,11-13H2,1-5H3,(H2,18,20,21);1H. The summed E-state index contributed by atoms with van der Waals surface area (Å²) in [4.78, 5) is 21.8. The van der Waals surface area contributed by atoms with Gasteiger partial charge in [0.1, 0.15) is 5.60 Å². The summed E-state index contributed by atoms with van der Waals surface area (Å²) < 4.78 is 5.30. The number of pyridine rings is 1. The van der Waals surface area contributed by atoms with Crippen molar-refractivity contribution in [1.82, 2.24) is 20.5 Å². The number of aliphatic imine (C=N–C) groups is 1. The second-order valence-corrected chi connectivity index (χ2v) is 6.40. The number of rotatable bonds is 6. The lowest BCUT2D eigenvalue weighted by Crippen LogP contribution is -2.43. The Morgan fingerprint density at radius 2 is 1.96 bits per heavy atom. The van der Waals surface area contributed by atoms with Gasteiger partial charge in [-0.05, 0) is 32.9 Å². The average Bonchev–Trinajstić information content (AvgIpc) is 2.52. The van der Waals surface area contributed by atoms with Crippen LogP contribution in [0.15, 0.2) is 29.4 Å². The van der Waals surface area contributed by atoms with Gasteiger partial charge in [0.15, 0.2) is 5.96 Å². The molecule has 0 bridgehead atoms. The van der Waals surface area contributed by atoms with E-state index in [0.717, 1.165) is 18.7 Å². The Labute approximate surface area is 167 Å². The molecule has 142 valence electrons. The van der Waals surface area contributed by atoms with E-state index in [0.29, 0.717) is 19.0 Å². The number of hydrogen-bond acceptors (Lipinski definition) is 4. The summed E-state index contributed by atoms with van der Waals surface area (Å²) in [7, 11) is 3.43. The summed E-state index contributed by atoms with van der Waals surface area (Å²) in [5, 5.41) is 6.40. The van der Waals surface area contributed by atoms with Crippen molar-refractivity contribution in [3.63, 3.8) is 0 Å². The molecular formula is C17H30IN5O2. The second-order valence-electron chi connectivity index (χ2n) is 6.40. The molecule has 1 amide bonds. The van der Waals surface area contributed by atoms with Gasteiger partial charge in [-0.25, -0.2) is 4.79 Å². The van der Waals surface area contributed by atoms with Gasteiger partial charge in [-0.1, -0.05) is 6.07 Å². The SMILES string of the molecule is CN=C(NCCc1ccccn1)NCCN(C)C(=O)OC(C)(C)C.I. The molecule has 0 aliphatic carbocycles. The number of nitrogens with zero attached hydrogens (tertiary/aromatic N) is 3. The fourth-order valence-electron chi connectivity index (χ4n) is 1.85. The highest BCUT2D eigenvalue weighted by molar-refractivity contribution is 14.0. The minimum absolute atomic E-state index is 0. The number of hydrogen-bond donors (Lipinski definition) is 2. The monoisotopic (exact) mass is 463 g/mol. The van der Waals surface area contributed by atoms with Gasteiger partial charge in [-0.3, -0.25) is 9.98 Å². The molecule has 0 fully saturated rings. The number of halogens is 1. The summed E-state index contributed by atoms with van der Waals surface area (Å²) in [6, 6.07) is 5.87. The van der Waals surface area contributed by atoms with E-state index in [4.69, 9.17) is 4.74 Å². The molecule has 0 saturated heterocycles. The molecule has 0 aliphatic rings. The number of amides is 1. The van der Waals surface area contributed by atoms with Gasteiger partial charge >= 0.3 is 6.09 Å². The Kier molecular flexibility index (Phi) is 11.1. The van der Waals surface area contributed by atoms with E-state index in [2.05, 4.69) is 20.6 Å². The maximum absolute atomic E-state index is 11.9. The molecule has 7 nitrogen and oxygen atoms in total. The summed E-state index contributed by atoms with van der Waals surface area (Å²) in [5.74, 6) is 0.698. The maximum Gasteiger partial charge on any atom is 0.410 e. The lowest BCUT2D eigenvalue weighted by molar-refractivity contribution is 0.0302. The predicted octanol–water partition coefficient (Wildman–Crippen LogP) is 2.27. The first-order valence-corrected chi connectivity index (χ1v) is 8.10. The van der Waals surface area contributed by atoms with Crippen LogP contribution in [0.25, 0.3) is 0 Å². The van der Waals surface area contributed by atoms with Gasteiger partial charge in [0, 0.05) is 52.0 Å². The van der Waals surface area contributed by atoms with Crippen molar-refractivity contribution in [3.8, 4) is 0 Å². The minimum Gasteiger partial charge on any atom is -0.444 e. The van der Waals surface area contributed by atoms with E-state index in [1.165, 1.54) is 0 Å². The normalized spacial score (nSPS) is 11.3. The van der Waals surface area contributed by atoms with Crippen molar-refractivity contribution in [2.45, 2.75) is 32.8 Å². The molecule has 1 rings (SSSR count). The van der Waals surface area contributed by atoms with Crippen molar-refractivity contribution >= 4 is 36.0 Å². The molecule has 2 N–H and O–H groups in total. The van der Waals surface area contributed by atoms with Crippen LogP contribution in [0.3, 0.4) is 0 Å². The summed E-state index contributed by atoms with van der Waals surface area (Å²) in [6.45, 7) is 7.40. The van der Waals surface area contributed by atoms with E-state index >= 15 is 0 Å². The third-order valence-electron chi connectivity index (χ3n) is 3.07. The van der Waals surface area contributed by atoms with Gasteiger partial charge in [0.2, 0.25) is 0 Å². The summed E-state index contributed by atoms with van der Waals surface area (Å²) in [5.41, 5.74) is 0.548. The number of carbonyl (C=O) groups is 1. The largest absolute Gasteiger partial charge is 0.444 e. The molecule has 0 aliphatic heterocycles. The van der Waals surface area contributed by atoms with Crippen LogP contribution in [-0.4, -0.2) is 61.3 Å². The number of aromatic nitrogens is 1.